The number of likely N-dealkylation sites (N-methyl/N-ethyl adjacent to an activating group) is 2. The van der Waals surface area contributed by atoms with Crippen LogP contribution >= 0.6 is 0 Å². The second-order valence-electron chi connectivity index (χ2n) is 9.50. The zero-order valence-corrected chi connectivity index (χ0v) is 22.4. The summed E-state index contributed by atoms with van der Waals surface area (Å²) in [6.45, 7) is 2.71. The van der Waals surface area contributed by atoms with E-state index in [-0.39, 0.29) is 0 Å². The number of ether oxygens (including phenoxy) is 2. The summed E-state index contributed by atoms with van der Waals surface area (Å²) >= 11 is 0. The Morgan fingerprint density at radius 3 is 2.29 bits per heavy atom. The number of benzene rings is 2. The third-order valence-electron chi connectivity index (χ3n) is 6.78. The highest BCUT2D eigenvalue weighted by molar-refractivity contribution is 5.68. The zero-order chi connectivity index (χ0) is 26.3. The average molecular weight is 510 g/mol. The van der Waals surface area contributed by atoms with Gasteiger partial charge in [0, 0.05) is 44.2 Å². The highest BCUT2D eigenvalue weighted by Gasteiger charge is 2.20. The summed E-state index contributed by atoms with van der Waals surface area (Å²) in [4.78, 5) is 7.13. The second kappa shape index (κ2) is 12.0. The molecule has 1 aliphatic carbocycles. The van der Waals surface area contributed by atoms with Crippen molar-refractivity contribution in [2.24, 2.45) is 7.05 Å². The van der Waals surface area contributed by atoms with E-state index in [9.17, 15) is 0 Å². The lowest BCUT2D eigenvalue weighted by molar-refractivity contribution is 0.268. The zero-order valence-electron chi connectivity index (χ0n) is 22.4. The number of fused-ring (bicyclic) bond motifs is 1. The minimum Gasteiger partial charge on any atom is -0.473 e. The lowest BCUT2D eigenvalue weighted by atomic mass is 10.0. The largest absolute Gasteiger partial charge is 0.473 e. The number of nitrogens with one attached hydrogen (secondary N) is 1. The van der Waals surface area contributed by atoms with Crippen LogP contribution in [0.15, 0.2) is 72.8 Å². The van der Waals surface area contributed by atoms with Crippen LogP contribution in [0.5, 0.6) is 11.8 Å². The topological polar surface area (TPSA) is 64.4 Å². The molecule has 4 aromatic rings. The molecule has 0 fully saturated rings. The standard InChI is InChI=1S/C31H35N5O2/c1-32-19-20-35(2)27-16-10-15-25-29(34-36(3)30(25)27)26-17-18-28(37-21-23-11-6-4-7-12-23)33-31(26)38-22-24-13-8-5-9-14-24/h4-9,11-15,17-18,32H,10,16,19-22H2,1-3H3. The molecule has 5 rings (SSSR count). The van der Waals surface area contributed by atoms with Crippen molar-refractivity contribution >= 4 is 11.8 Å². The molecule has 0 amide bonds. The Labute approximate surface area is 224 Å². The van der Waals surface area contributed by atoms with Crippen molar-refractivity contribution in [3.63, 3.8) is 0 Å². The molecule has 0 saturated carbocycles. The van der Waals surface area contributed by atoms with Crippen molar-refractivity contribution in [2.45, 2.75) is 26.1 Å². The summed E-state index contributed by atoms with van der Waals surface area (Å²) in [7, 11) is 6.16. The number of aryl methyl sites for hydroxylation is 1. The molecular weight excluding hydrogens is 474 g/mol. The molecule has 7 heteroatoms. The van der Waals surface area contributed by atoms with Crippen molar-refractivity contribution in [3.8, 4) is 23.0 Å². The number of hydrogen-bond acceptors (Lipinski definition) is 6. The van der Waals surface area contributed by atoms with Crippen molar-refractivity contribution in [1.82, 2.24) is 25.0 Å². The van der Waals surface area contributed by atoms with E-state index >= 15 is 0 Å². The van der Waals surface area contributed by atoms with Crippen LogP contribution in [0.25, 0.3) is 23.0 Å². The number of pyridine rings is 1. The number of aromatic nitrogens is 3. The molecule has 2 heterocycles. The third kappa shape index (κ3) is 5.73. The van der Waals surface area contributed by atoms with Crippen LogP contribution in [0, 0.1) is 0 Å². The Morgan fingerprint density at radius 2 is 1.61 bits per heavy atom. The van der Waals surface area contributed by atoms with Gasteiger partial charge in [0.05, 0.1) is 10.9 Å². The molecule has 0 atom stereocenters. The van der Waals surface area contributed by atoms with E-state index in [0.717, 1.165) is 58.9 Å². The van der Waals surface area contributed by atoms with E-state index in [2.05, 4.69) is 23.3 Å². The van der Waals surface area contributed by atoms with Gasteiger partial charge in [-0.1, -0.05) is 66.7 Å². The maximum absolute atomic E-state index is 6.32. The molecule has 2 aromatic carbocycles. The normalized spacial score (nSPS) is 12.6. The molecule has 0 spiro atoms. The molecule has 0 unspecified atom stereocenters. The fourth-order valence-corrected chi connectivity index (χ4v) is 4.78. The summed E-state index contributed by atoms with van der Waals surface area (Å²) in [5.74, 6) is 1.04. The maximum Gasteiger partial charge on any atom is 0.226 e. The van der Waals surface area contributed by atoms with Gasteiger partial charge in [0.2, 0.25) is 11.8 Å². The van der Waals surface area contributed by atoms with E-state index < -0.39 is 0 Å². The van der Waals surface area contributed by atoms with Crippen molar-refractivity contribution < 1.29 is 9.47 Å². The number of rotatable bonds is 11. The fraction of sp³-hybridized carbons (Fsp3) is 0.290. The quantitative estimate of drug-likeness (QED) is 0.334. The Kier molecular flexibility index (Phi) is 8.04. The summed E-state index contributed by atoms with van der Waals surface area (Å²) in [5, 5.41) is 10.5. The second-order valence-corrected chi connectivity index (χ2v) is 9.50. The van der Waals surface area contributed by atoms with Gasteiger partial charge in [-0.2, -0.15) is 10.1 Å². The molecule has 1 N–H and O–H groups in total. The van der Waals surface area contributed by atoms with Crippen LogP contribution in [0.2, 0.25) is 0 Å². The Bertz CT molecular complexity index is 1480. The number of nitrogens with zero attached hydrogens (tertiary/aromatic N) is 4. The molecule has 0 bridgehead atoms. The molecule has 2 aromatic heterocycles. The van der Waals surface area contributed by atoms with Crippen molar-refractivity contribution in [3.05, 3.63) is 94.5 Å². The van der Waals surface area contributed by atoms with E-state index in [4.69, 9.17) is 19.6 Å². The Morgan fingerprint density at radius 1 is 0.921 bits per heavy atom. The van der Waals surface area contributed by atoms with Crippen molar-refractivity contribution in [1.29, 1.82) is 0 Å². The highest BCUT2D eigenvalue weighted by Crippen LogP contribution is 2.29. The monoisotopic (exact) mass is 509 g/mol. The molecule has 0 aliphatic heterocycles. The van der Waals surface area contributed by atoms with Crippen LogP contribution in [0.3, 0.4) is 0 Å². The molecule has 7 nitrogen and oxygen atoms in total. The minimum atomic E-state index is 0.409. The average Bonchev–Trinajstić information content (AvgIpc) is 3.31. The van der Waals surface area contributed by atoms with Crippen LogP contribution in [-0.4, -0.2) is 46.8 Å². The van der Waals surface area contributed by atoms with Gasteiger partial charge in [0.15, 0.2) is 0 Å². The maximum atomic E-state index is 6.32. The first-order valence-electron chi connectivity index (χ1n) is 13.1. The minimum absolute atomic E-state index is 0.409. The summed E-state index contributed by atoms with van der Waals surface area (Å²) in [6, 6.07) is 24.1. The van der Waals surface area contributed by atoms with Gasteiger partial charge in [-0.05, 0) is 37.1 Å². The SMILES string of the molecule is CNCCN(C)C1=c2c(c(-c3ccc(OCc4ccccc4)nc3OCc3ccccc3)nn2C)=CCC1. The predicted molar refractivity (Wildman–Crippen MR) is 151 cm³/mol. The number of hydrogen-bond donors (Lipinski definition) is 1. The lowest BCUT2D eigenvalue weighted by Gasteiger charge is -2.23. The first-order chi connectivity index (χ1) is 18.6. The van der Waals surface area contributed by atoms with Gasteiger partial charge in [0.1, 0.15) is 18.9 Å². The van der Waals surface area contributed by atoms with Crippen LogP contribution in [-0.2, 0) is 20.3 Å². The van der Waals surface area contributed by atoms with Gasteiger partial charge < -0.3 is 19.7 Å². The summed E-state index contributed by atoms with van der Waals surface area (Å²) in [5.41, 5.74) is 5.21. The Balaban J connectivity index is 1.52. The molecule has 0 saturated heterocycles. The summed E-state index contributed by atoms with van der Waals surface area (Å²) < 4.78 is 14.3. The Hall–Kier alpha value is -4.10. The van der Waals surface area contributed by atoms with Gasteiger partial charge in [0.25, 0.3) is 0 Å². The van der Waals surface area contributed by atoms with Crippen LogP contribution < -0.4 is 25.4 Å². The summed E-state index contributed by atoms with van der Waals surface area (Å²) in [6.07, 6.45) is 4.25. The molecular formula is C31H35N5O2. The van der Waals surface area contributed by atoms with Crippen molar-refractivity contribution in [2.75, 3.05) is 27.2 Å². The highest BCUT2D eigenvalue weighted by atomic mass is 16.5. The smallest absolute Gasteiger partial charge is 0.226 e. The first-order valence-corrected chi connectivity index (χ1v) is 13.1. The van der Waals surface area contributed by atoms with Gasteiger partial charge >= 0.3 is 0 Å². The molecule has 38 heavy (non-hydrogen) atoms. The van der Waals surface area contributed by atoms with E-state index in [1.54, 1.807) is 0 Å². The fourth-order valence-electron chi connectivity index (χ4n) is 4.78. The van der Waals surface area contributed by atoms with E-state index in [1.165, 1.54) is 5.70 Å². The molecule has 0 radical (unpaired) electrons. The van der Waals surface area contributed by atoms with Crippen LogP contribution in [0.1, 0.15) is 24.0 Å². The molecule has 1 aliphatic rings. The van der Waals surface area contributed by atoms with E-state index in [0.29, 0.717) is 25.0 Å². The third-order valence-corrected chi connectivity index (χ3v) is 6.78. The van der Waals surface area contributed by atoms with Gasteiger partial charge in [-0.15, -0.1) is 0 Å². The van der Waals surface area contributed by atoms with Gasteiger partial charge in [-0.25, -0.2) is 0 Å². The molecule has 196 valence electrons. The van der Waals surface area contributed by atoms with E-state index in [1.807, 2.05) is 91.6 Å². The first kappa shape index (κ1) is 25.5. The van der Waals surface area contributed by atoms with Crippen LogP contribution in [0.4, 0.5) is 0 Å². The lowest BCUT2D eigenvalue weighted by Crippen LogP contribution is -2.40. The predicted octanol–water partition coefficient (Wildman–Crippen LogP) is 3.47. The van der Waals surface area contributed by atoms with Gasteiger partial charge in [-0.3, -0.25) is 4.68 Å².